The maximum atomic E-state index is 13.1. The third kappa shape index (κ3) is 3.89. The molecule has 1 aromatic carbocycles. The summed E-state index contributed by atoms with van der Waals surface area (Å²) in [5.41, 5.74) is 1.89. The summed E-state index contributed by atoms with van der Waals surface area (Å²) >= 11 is 0. The number of hydrogen-bond acceptors (Lipinski definition) is 4. The number of furan rings is 1. The molecule has 2 aliphatic heterocycles. The van der Waals surface area contributed by atoms with Gasteiger partial charge in [-0.05, 0) is 49.6 Å². The van der Waals surface area contributed by atoms with E-state index in [-0.39, 0.29) is 17.9 Å². The fourth-order valence-corrected chi connectivity index (χ4v) is 3.65. The van der Waals surface area contributed by atoms with E-state index in [1.165, 1.54) is 6.08 Å². The molecule has 4 rings (SSSR count). The van der Waals surface area contributed by atoms with Crippen molar-refractivity contribution in [1.29, 1.82) is 0 Å². The molecule has 0 bridgehead atoms. The van der Waals surface area contributed by atoms with Gasteiger partial charge in [0.05, 0.1) is 24.7 Å². The lowest BCUT2D eigenvalue weighted by Crippen LogP contribution is -2.45. The Kier molecular flexibility index (Phi) is 4.96. The Morgan fingerprint density at radius 1 is 1.22 bits per heavy atom. The monoisotopic (exact) mass is 366 g/mol. The zero-order chi connectivity index (χ0) is 18.6. The van der Waals surface area contributed by atoms with Crippen LogP contribution in [0.15, 0.2) is 47.3 Å². The smallest absolute Gasteiger partial charge is 0.257 e. The van der Waals surface area contributed by atoms with Gasteiger partial charge in [0.1, 0.15) is 5.75 Å². The lowest BCUT2D eigenvalue weighted by atomic mass is 9.97. The SMILES string of the molecule is O=C(C=Cc1ccoc1)Nc1ccc2c(c1)C(=O)N1CCCCC1CCO2. The maximum Gasteiger partial charge on any atom is 0.257 e. The van der Waals surface area contributed by atoms with Gasteiger partial charge in [-0.15, -0.1) is 0 Å². The number of ether oxygens (including phenoxy) is 1. The van der Waals surface area contributed by atoms with Gasteiger partial charge in [0.2, 0.25) is 5.91 Å². The van der Waals surface area contributed by atoms with Crippen LogP contribution in [-0.4, -0.2) is 35.9 Å². The van der Waals surface area contributed by atoms with Crippen molar-refractivity contribution in [2.75, 3.05) is 18.5 Å². The van der Waals surface area contributed by atoms with E-state index in [9.17, 15) is 9.59 Å². The highest BCUT2D eigenvalue weighted by Gasteiger charge is 2.31. The number of anilines is 1. The summed E-state index contributed by atoms with van der Waals surface area (Å²) in [5.74, 6) is 0.293. The summed E-state index contributed by atoms with van der Waals surface area (Å²) in [7, 11) is 0. The molecule has 140 valence electrons. The molecule has 6 nitrogen and oxygen atoms in total. The molecule has 1 fully saturated rings. The number of hydrogen-bond donors (Lipinski definition) is 1. The van der Waals surface area contributed by atoms with Crippen LogP contribution in [0, 0.1) is 0 Å². The van der Waals surface area contributed by atoms with Gasteiger partial charge < -0.3 is 19.4 Å². The molecule has 0 saturated carbocycles. The van der Waals surface area contributed by atoms with Gasteiger partial charge in [-0.25, -0.2) is 0 Å². The number of nitrogens with zero attached hydrogens (tertiary/aromatic N) is 1. The lowest BCUT2D eigenvalue weighted by Gasteiger charge is -2.37. The molecule has 3 heterocycles. The fourth-order valence-electron chi connectivity index (χ4n) is 3.65. The molecule has 1 saturated heterocycles. The van der Waals surface area contributed by atoms with Crippen LogP contribution < -0.4 is 10.1 Å². The second kappa shape index (κ2) is 7.70. The van der Waals surface area contributed by atoms with E-state index in [4.69, 9.17) is 9.15 Å². The first kappa shape index (κ1) is 17.4. The van der Waals surface area contributed by atoms with Crippen molar-refractivity contribution < 1.29 is 18.7 Å². The highest BCUT2D eigenvalue weighted by Crippen LogP contribution is 2.30. The molecule has 1 aromatic heterocycles. The third-order valence-corrected chi connectivity index (χ3v) is 5.04. The van der Waals surface area contributed by atoms with Gasteiger partial charge in [0, 0.05) is 36.3 Å². The van der Waals surface area contributed by atoms with E-state index in [0.29, 0.717) is 23.6 Å². The van der Waals surface area contributed by atoms with Crippen LogP contribution in [0.25, 0.3) is 6.08 Å². The first-order chi connectivity index (χ1) is 13.2. The minimum atomic E-state index is -0.272. The Bertz CT molecular complexity index is 857. The number of benzene rings is 1. The molecule has 0 spiro atoms. The minimum absolute atomic E-state index is 0.0144. The maximum absolute atomic E-state index is 13.1. The largest absolute Gasteiger partial charge is 0.493 e. The van der Waals surface area contributed by atoms with Gasteiger partial charge in [0.15, 0.2) is 0 Å². The summed E-state index contributed by atoms with van der Waals surface area (Å²) in [5, 5.41) is 2.80. The molecular formula is C21H22N2O4. The quantitative estimate of drug-likeness (QED) is 0.841. The molecular weight excluding hydrogens is 344 g/mol. The summed E-state index contributed by atoms with van der Waals surface area (Å²) in [4.78, 5) is 27.2. The van der Waals surface area contributed by atoms with E-state index in [1.807, 2.05) is 4.90 Å². The van der Waals surface area contributed by atoms with Crippen molar-refractivity contribution in [1.82, 2.24) is 4.90 Å². The van der Waals surface area contributed by atoms with Gasteiger partial charge in [-0.2, -0.15) is 0 Å². The van der Waals surface area contributed by atoms with E-state index in [2.05, 4.69) is 5.32 Å². The molecule has 0 aliphatic carbocycles. The summed E-state index contributed by atoms with van der Waals surface area (Å²) in [6.45, 7) is 1.38. The highest BCUT2D eigenvalue weighted by atomic mass is 16.5. The Morgan fingerprint density at radius 3 is 3.00 bits per heavy atom. The van der Waals surface area contributed by atoms with Crippen molar-refractivity contribution in [2.45, 2.75) is 31.7 Å². The molecule has 27 heavy (non-hydrogen) atoms. The average Bonchev–Trinajstić information content (AvgIpc) is 3.20. The highest BCUT2D eigenvalue weighted by molar-refractivity contribution is 6.04. The van der Waals surface area contributed by atoms with Crippen molar-refractivity contribution in [3.8, 4) is 5.75 Å². The molecule has 1 unspecified atom stereocenters. The van der Waals surface area contributed by atoms with Crippen LogP contribution in [0.5, 0.6) is 5.75 Å². The number of amides is 2. The van der Waals surface area contributed by atoms with E-state index < -0.39 is 0 Å². The number of fused-ring (bicyclic) bond motifs is 2. The predicted octanol–water partition coefficient (Wildman–Crippen LogP) is 3.71. The van der Waals surface area contributed by atoms with Gasteiger partial charge in [-0.1, -0.05) is 0 Å². The Hall–Kier alpha value is -3.02. The molecule has 6 heteroatoms. The van der Waals surface area contributed by atoms with Crippen LogP contribution >= 0.6 is 0 Å². The average molecular weight is 366 g/mol. The topological polar surface area (TPSA) is 71.8 Å². The van der Waals surface area contributed by atoms with Crippen molar-refractivity contribution in [3.63, 3.8) is 0 Å². The normalized spacial score (nSPS) is 19.6. The van der Waals surface area contributed by atoms with Crippen LogP contribution in [0.4, 0.5) is 5.69 Å². The Morgan fingerprint density at radius 2 is 2.15 bits per heavy atom. The van der Waals surface area contributed by atoms with E-state index in [0.717, 1.165) is 37.8 Å². The van der Waals surface area contributed by atoms with E-state index in [1.54, 1.807) is 42.9 Å². The Labute approximate surface area is 157 Å². The first-order valence-corrected chi connectivity index (χ1v) is 9.30. The molecule has 2 aliphatic rings. The van der Waals surface area contributed by atoms with Crippen molar-refractivity contribution >= 4 is 23.6 Å². The molecule has 1 atom stereocenters. The number of nitrogens with one attached hydrogen (secondary N) is 1. The minimum Gasteiger partial charge on any atom is -0.493 e. The number of carbonyl (C=O) groups is 2. The number of rotatable bonds is 3. The molecule has 2 amide bonds. The summed E-state index contributed by atoms with van der Waals surface area (Å²) in [6, 6.07) is 7.23. The zero-order valence-electron chi connectivity index (χ0n) is 15.0. The van der Waals surface area contributed by atoms with Gasteiger partial charge in [-0.3, -0.25) is 9.59 Å². The first-order valence-electron chi connectivity index (χ1n) is 9.30. The Balaban J connectivity index is 1.53. The molecule has 1 N–H and O–H groups in total. The van der Waals surface area contributed by atoms with Gasteiger partial charge >= 0.3 is 0 Å². The second-order valence-electron chi connectivity index (χ2n) is 6.88. The van der Waals surface area contributed by atoms with E-state index >= 15 is 0 Å². The summed E-state index contributed by atoms with van der Waals surface area (Å²) < 4.78 is 10.8. The third-order valence-electron chi connectivity index (χ3n) is 5.04. The van der Waals surface area contributed by atoms with Crippen LogP contribution in [0.1, 0.15) is 41.6 Å². The number of piperidine rings is 1. The van der Waals surface area contributed by atoms with Crippen LogP contribution in [0.2, 0.25) is 0 Å². The number of carbonyl (C=O) groups excluding carboxylic acids is 2. The summed E-state index contributed by atoms with van der Waals surface area (Å²) in [6.07, 6.45) is 10.3. The lowest BCUT2D eigenvalue weighted by molar-refractivity contribution is -0.111. The van der Waals surface area contributed by atoms with Crippen molar-refractivity contribution in [2.24, 2.45) is 0 Å². The predicted molar refractivity (Wildman–Crippen MR) is 102 cm³/mol. The second-order valence-corrected chi connectivity index (χ2v) is 6.88. The fraction of sp³-hybridized carbons (Fsp3) is 0.333. The van der Waals surface area contributed by atoms with Gasteiger partial charge in [0.25, 0.3) is 5.91 Å². The van der Waals surface area contributed by atoms with Crippen molar-refractivity contribution in [3.05, 3.63) is 54.0 Å². The van der Waals surface area contributed by atoms with Crippen LogP contribution in [0.3, 0.4) is 0 Å². The van der Waals surface area contributed by atoms with Crippen LogP contribution in [-0.2, 0) is 4.79 Å². The zero-order valence-corrected chi connectivity index (χ0v) is 15.0. The standard InChI is InChI=1S/C21H22N2O4/c24-20(7-4-15-8-11-26-14-15)22-16-5-6-19-18(13-16)21(25)23-10-2-1-3-17(23)9-12-27-19/h4-8,11,13-14,17H,1-3,9-10,12H2,(H,22,24). The molecule has 0 radical (unpaired) electrons. The molecule has 2 aromatic rings.